The lowest BCUT2D eigenvalue weighted by molar-refractivity contribution is -0.118. The van der Waals surface area contributed by atoms with E-state index < -0.39 is 0 Å². The van der Waals surface area contributed by atoms with Crippen molar-refractivity contribution in [2.24, 2.45) is 11.3 Å². The van der Waals surface area contributed by atoms with Gasteiger partial charge in [0.25, 0.3) is 0 Å². The quantitative estimate of drug-likeness (QED) is 0.906. The van der Waals surface area contributed by atoms with Crippen LogP contribution in [0.2, 0.25) is 0 Å². The molecule has 1 N–H and O–H groups in total. The number of amides is 1. The van der Waals surface area contributed by atoms with Gasteiger partial charge in [0.15, 0.2) is 0 Å². The minimum atomic E-state index is 0.0826. The van der Waals surface area contributed by atoms with Crippen molar-refractivity contribution in [1.29, 1.82) is 0 Å². The maximum absolute atomic E-state index is 11.8. The Balaban J connectivity index is 2.05. The average molecular weight is 283 g/mol. The summed E-state index contributed by atoms with van der Waals surface area (Å²) in [5, 5.41) is 2.86. The maximum Gasteiger partial charge on any atom is 0.229 e. The van der Waals surface area contributed by atoms with Gasteiger partial charge in [0.1, 0.15) is 5.82 Å². The number of hydrogen-bond donors (Lipinski definition) is 1. The van der Waals surface area contributed by atoms with Crippen LogP contribution >= 0.6 is 15.9 Å². The minimum Gasteiger partial charge on any atom is -0.310 e. The lowest BCUT2D eigenvalue weighted by Crippen LogP contribution is -2.17. The van der Waals surface area contributed by atoms with E-state index in [1.54, 1.807) is 0 Å². The van der Waals surface area contributed by atoms with Crippen LogP contribution in [0.25, 0.3) is 0 Å². The van der Waals surface area contributed by atoms with Crippen LogP contribution in [-0.4, -0.2) is 10.9 Å². The lowest BCUT2D eigenvalue weighted by atomic mass is 10.1. The number of rotatable bonds is 2. The second kappa shape index (κ2) is 3.84. The van der Waals surface area contributed by atoms with Crippen LogP contribution in [0.1, 0.15) is 26.0 Å². The average Bonchev–Trinajstić information content (AvgIpc) is 2.82. The standard InChI is InChI=1S/C12H15BrN2O/c1-7-9(13)4-5-10(14-7)15-11(16)8-6-12(8,2)3/h4-5,8H,6H2,1-3H3,(H,14,15,16). The summed E-state index contributed by atoms with van der Waals surface area (Å²) >= 11 is 3.38. The van der Waals surface area contributed by atoms with Gasteiger partial charge in [-0.25, -0.2) is 4.98 Å². The first-order chi connectivity index (χ1) is 7.40. The SMILES string of the molecule is Cc1nc(NC(=O)C2CC2(C)C)ccc1Br. The number of nitrogens with one attached hydrogen (secondary N) is 1. The number of pyridine rings is 1. The zero-order valence-electron chi connectivity index (χ0n) is 9.67. The topological polar surface area (TPSA) is 42.0 Å². The number of carbonyl (C=O) groups is 1. The molecule has 0 radical (unpaired) electrons. The second-order valence-corrected chi connectivity index (χ2v) is 5.85. The molecule has 1 aromatic heterocycles. The number of aryl methyl sites for hydroxylation is 1. The molecule has 2 rings (SSSR count). The molecule has 1 atom stereocenters. The second-order valence-electron chi connectivity index (χ2n) is 5.00. The van der Waals surface area contributed by atoms with Gasteiger partial charge in [-0.3, -0.25) is 4.79 Å². The summed E-state index contributed by atoms with van der Waals surface area (Å²) in [6, 6.07) is 3.71. The van der Waals surface area contributed by atoms with E-state index in [2.05, 4.69) is 40.1 Å². The van der Waals surface area contributed by atoms with E-state index in [1.807, 2.05) is 19.1 Å². The molecule has 1 unspecified atom stereocenters. The van der Waals surface area contributed by atoms with Gasteiger partial charge in [0, 0.05) is 10.4 Å². The number of carbonyl (C=O) groups excluding carboxylic acids is 1. The van der Waals surface area contributed by atoms with Gasteiger partial charge in [-0.05, 0) is 46.8 Å². The molecule has 1 amide bonds. The van der Waals surface area contributed by atoms with Crippen LogP contribution in [0.5, 0.6) is 0 Å². The van der Waals surface area contributed by atoms with Crippen molar-refractivity contribution in [2.45, 2.75) is 27.2 Å². The number of nitrogens with zero attached hydrogens (tertiary/aromatic N) is 1. The molecular formula is C12H15BrN2O. The van der Waals surface area contributed by atoms with Crippen molar-refractivity contribution in [2.75, 3.05) is 5.32 Å². The Labute approximate surface area is 104 Å². The highest BCUT2D eigenvalue weighted by molar-refractivity contribution is 9.10. The molecule has 1 aliphatic rings. The van der Waals surface area contributed by atoms with Crippen molar-refractivity contribution in [1.82, 2.24) is 4.98 Å². The molecule has 0 saturated heterocycles. The Morgan fingerprint density at radius 3 is 2.69 bits per heavy atom. The van der Waals surface area contributed by atoms with Gasteiger partial charge >= 0.3 is 0 Å². The van der Waals surface area contributed by atoms with Crippen LogP contribution in [0, 0.1) is 18.3 Å². The Bertz CT molecular complexity index is 443. The molecule has 0 bridgehead atoms. The van der Waals surface area contributed by atoms with Crippen LogP contribution < -0.4 is 5.32 Å². The van der Waals surface area contributed by atoms with Gasteiger partial charge < -0.3 is 5.32 Å². The molecule has 1 saturated carbocycles. The Hall–Kier alpha value is -0.900. The largest absolute Gasteiger partial charge is 0.310 e. The first-order valence-corrected chi connectivity index (χ1v) is 6.13. The highest BCUT2D eigenvalue weighted by Gasteiger charge is 2.50. The van der Waals surface area contributed by atoms with E-state index in [0.717, 1.165) is 16.6 Å². The Kier molecular flexibility index (Phi) is 2.78. The van der Waals surface area contributed by atoms with Crippen LogP contribution in [0.4, 0.5) is 5.82 Å². The van der Waals surface area contributed by atoms with Crippen molar-refractivity contribution in [3.8, 4) is 0 Å². The normalized spacial score (nSPS) is 21.6. The minimum absolute atomic E-state index is 0.0826. The van der Waals surface area contributed by atoms with Gasteiger partial charge in [0.2, 0.25) is 5.91 Å². The summed E-state index contributed by atoms with van der Waals surface area (Å²) in [5.74, 6) is 0.853. The zero-order chi connectivity index (χ0) is 11.9. The van der Waals surface area contributed by atoms with E-state index in [4.69, 9.17) is 0 Å². The fraction of sp³-hybridized carbons (Fsp3) is 0.500. The highest BCUT2D eigenvalue weighted by atomic mass is 79.9. The Morgan fingerprint density at radius 2 is 2.19 bits per heavy atom. The van der Waals surface area contributed by atoms with Gasteiger partial charge in [-0.15, -0.1) is 0 Å². The monoisotopic (exact) mass is 282 g/mol. The number of halogens is 1. The number of hydrogen-bond acceptors (Lipinski definition) is 2. The van der Waals surface area contributed by atoms with E-state index >= 15 is 0 Å². The maximum atomic E-state index is 11.8. The lowest BCUT2D eigenvalue weighted by Gasteiger charge is -2.07. The van der Waals surface area contributed by atoms with Gasteiger partial charge in [0.05, 0.1) is 5.69 Å². The summed E-state index contributed by atoms with van der Waals surface area (Å²) in [7, 11) is 0. The molecule has 4 heteroatoms. The smallest absolute Gasteiger partial charge is 0.229 e. The third-order valence-corrected chi connectivity index (χ3v) is 3.94. The van der Waals surface area contributed by atoms with Crippen molar-refractivity contribution >= 4 is 27.7 Å². The molecule has 1 aliphatic carbocycles. The van der Waals surface area contributed by atoms with E-state index in [0.29, 0.717) is 5.82 Å². The number of anilines is 1. The zero-order valence-corrected chi connectivity index (χ0v) is 11.3. The summed E-state index contributed by atoms with van der Waals surface area (Å²) in [5.41, 5.74) is 1.04. The van der Waals surface area contributed by atoms with Crippen LogP contribution in [0.15, 0.2) is 16.6 Å². The van der Waals surface area contributed by atoms with Crippen LogP contribution in [-0.2, 0) is 4.79 Å². The number of aromatic nitrogens is 1. The van der Waals surface area contributed by atoms with Gasteiger partial charge in [-0.1, -0.05) is 13.8 Å². The summed E-state index contributed by atoms with van der Waals surface area (Å²) in [6.45, 7) is 6.12. The first kappa shape index (κ1) is 11.6. The van der Waals surface area contributed by atoms with E-state index in [-0.39, 0.29) is 17.2 Å². The summed E-state index contributed by atoms with van der Waals surface area (Å²) in [6.07, 6.45) is 0.967. The van der Waals surface area contributed by atoms with Crippen molar-refractivity contribution in [3.63, 3.8) is 0 Å². The third kappa shape index (κ3) is 2.26. The molecule has 3 nitrogen and oxygen atoms in total. The molecule has 86 valence electrons. The molecule has 1 heterocycles. The molecule has 0 aromatic carbocycles. The fourth-order valence-corrected chi connectivity index (χ4v) is 1.96. The molecule has 16 heavy (non-hydrogen) atoms. The first-order valence-electron chi connectivity index (χ1n) is 5.34. The third-order valence-electron chi connectivity index (χ3n) is 3.10. The molecule has 1 aromatic rings. The van der Waals surface area contributed by atoms with Crippen molar-refractivity contribution in [3.05, 3.63) is 22.3 Å². The molecule has 1 fully saturated rings. The van der Waals surface area contributed by atoms with E-state index in [1.165, 1.54) is 0 Å². The summed E-state index contributed by atoms with van der Waals surface area (Å²) in [4.78, 5) is 16.1. The van der Waals surface area contributed by atoms with E-state index in [9.17, 15) is 4.79 Å². The van der Waals surface area contributed by atoms with Gasteiger partial charge in [-0.2, -0.15) is 0 Å². The fourth-order valence-electron chi connectivity index (χ4n) is 1.74. The van der Waals surface area contributed by atoms with Crippen LogP contribution in [0.3, 0.4) is 0 Å². The highest BCUT2D eigenvalue weighted by Crippen LogP contribution is 2.51. The molecular weight excluding hydrogens is 268 g/mol. The Morgan fingerprint density at radius 1 is 1.56 bits per heavy atom. The molecule has 0 spiro atoms. The predicted molar refractivity (Wildman–Crippen MR) is 67.2 cm³/mol. The van der Waals surface area contributed by atoms with Crippen molar-refractivity contribution < 1.29 is 4.79 Å². The predicted octanol–water partition coefficient (Wildman–Crippen LogP) is 3.14. The summed E-state index contributed by atoms with van der Waals surface area (Å²) < 4.78 is 0.956. The molecule has 0 aliphatic heterocycles.